The molecule has 23 heavy (non-hydrogen) atoms. The zero-order chi connectivity index (χ0) is 16.7. The van der Waals surface area contributed by atoms with Crippen molar-refractivity contribution in [1.29, 1.82) is 0 Å². The number of carbonyl (C=O) groups excluding carboxylic acids is 2. The van der Waals surface area contributed by atoms with E-state index >= 15 is 0 Å². The summed E-state index contributed by atoms with van der Waals surface area (Å²) in [6, 6.07) is 14.7. The minimum absolute atomic E-state index is 0.234. The largest absolute Gasteiger partial charge is 0.497 e. The van der Waals surface area contributed by atoms with Gasteiger partial charge in [-0.25, -0.2) is 0 Å². The Hall–Kier alpha value is -2.82. The molecule has 0 heterocycles. The molecule has 2 rings (SSSR count). The summed E-state index contributed by atoms with van der Waals surface area (Å²) in [5.41, 5.74) is 7.31. The van der Waals surface area contributed by atoms with Crippen molar-refractivity contribution in [3.63, 3.8) is 0 Å². The first kappa shape index (κ1) is 16.5. The lowest BCUT2D eigenvalue weighted by Crippen LogP contribution is -2.41. The van der Waals surface area contributed by atoms with Crippen LogP contribution in [0.15, 0.2) is 48.5 Å². The topological polar surface area (TPSA) is 67.4 Å². The number of rotatable bonds is 5. The monoisotopic (exact) mass is 312 g/mol. The number of amides is 2. The van der Waals surface area contributed by atoms with Gasteiger partial charge in [0.25, 0.3) is 5.91 Å². The Balaban J connectivity index is 1.78. The van der Waals surface area contributed by atoms with Crippen LogP contribution in [0, 0.1) is 6.92 Å². The highest BCUT2D eigenvalue weighted by atomic mass is 16.5. The predicted molar refractivity (Wildman–Crippen MR) is 88.1 cm³/mol. The molecular formula is C18H20N2O3. The number of benzene rings is 2. The number of hydrogen-bond donors (Lipinski definition) is 2. The number of methoxy groups -OCH3 is 1. The lowest BCUT2D eigenvalue weighted by molar-refractivity contribution is -0.121. The van der Waals surface area contributed by atoms with Crippen LogP contribution in [0.2, 0.25) is 0 Å². The van der Waals surface area contributed by atoms with Gasteiger partial charge in [-0.15, -0.1) is 0 Å². The van der Waals surface area contributed by atoms with E-state index in [1.54, 1.807) is 19.2 Å². The summed E-state index contributed by atoms with van der Waals surface area (Å²) in [6.45, 7) is 1.85. The average Bonchev–Trinajstić information content (AvgIpc) is 2.58. The molecule has 5 heteroatoms. The Morgan fingerprint density at radius 1 is 1.00 bits per heavy atom. The van der Waals surface area contributed by atoms with Gasteiger partial charge in [0, 0.05) is 12.0 Å². The normalized spacial score (nSPS) is 10.0. The third-order valence-electron chi connectivity index (χ3n) is 3.50. The van der Waals surface area contributed by atoms with E-state index in [1.165, 1.54) is 0 Å². The van der Waals surface area contributed by atoms with Crippen LogP contribution in [-0.2, 0) is 11.2 Å². The van der Waals surface area contributed by atoms with Crippen molar-refractivity contribution in [2.75, 3.05) is 7.11 Å². The minimum Gasteiger partial charge on any atom is -0.497 e. The van der Waals surface area contributed by atoms with Gasteiger partial charge in [0.15, 0.2) is 0 Å². The van der Waals surface area contributed by atoms with Gasteiger partial charge in [-0.1, -0.05) is 30.3 Å². The Morgan fingerprint density at radius 3 is 2.35 bits per heavy atom. The van der Waals surface area contributed by atoms with Crippen molar-refractivity contribution in [2.45, 2.75) is 19.8 Å². The third-order valence-corrected chi connectivity index (χ3v) is 3.50. The van der Waals surface area contributed by atoms with Gasteiger partial charge in [-0.3, -0.25) is 20.4 Å². The number of hydrogen-bond acceptors (Lipinski definition) is 3. The van der Waals surface area contributed by atoms with Crippen LogP contribution >= 0.6 is 0 Å². The van der Waals surface area contributed by atoms with E-state index in [-0.39, 0.29) is 11.8 Å². The molecule has 0 aromatic heterocycles. The first-order valence-electron chi connectivity index (χ1n) is 7.38. The predicted octanol–water partition coefficient (Wildman–Crippen LogP) is 2.40. The average molecular weight is 312 g/mol. The SMILES string of the molecule is COc1ccc(CCC(=O)NNC(=O)c2ccccc2C)cc1. The molecule has 2 aromatic rings. The lowest BCUT2D eigenvalue weighted by Gasteiger charge is -2.09. The molecule has 0 aliphatic heterocycles. The van der Waals surface area contributed by atoms with E-state index in [0.717, 1.165) is 16.9 Å². The maximum Gasteiger partial charge on any atom is 0.269 e. The molecule has 0 saturated carbocycles. The summed E-state index contributed by atoms with van der Waals surface area (Å²) >= 11 is 0. The third kappa shape index (κ3) is 4.85. The highest BCUT2D eigenvalue weighted by molar-refractivity contribution is 5.96. The second-order valence-electron chi connectivity index (χ2n) is 5.17. The van der Waals surface area contributed by atoms with Crippen molar-refractivity contribution in [3.05, 3.63) is 65.2 Å². The number of aryl methyl sites for hydroxylation is 2. The summed E-state index contributed by atoms with van der Waals surface area (Å²) in [5.74, 6) is 0.229. The Morgan fingerprint density at radius 2 is 1.70 bits per heavy atom. The Kier molecular flexibility index (Phi) is 5.74. The summed E-state index contributed by atoms with van der Waals surface area (Å²) in [6.07, 6.45) is 0.885. The summed E-state index contributed by atoms with van der Waals surface area (Å²) < 4.78 is 5.08. The molecule has 0 bridgehead atoms. The molecule has 5 nitrogen and oxygen atoms in total. The molecule has 0 saturated heterocycles. The van der Waals surface area contributed by atoms with Crippen molar-refractivity contribution >= 4 is 11.8 Å². The van der Waals surface area contributed by atoms with Gasteiger partial charge in [0.2, 0.25) is 5.91 Å². The van der Waals surface area contributed by atoms with E-state index in [9.17, 15) is 9.59 Å². The molecule has 0 aliphatic carbocycles. The summed E-state index contributed by atoms with van der Waals surface area (Å²) in [4.78, 5) is 23.8. The molecule has 120 valence electrons. The quantitative estimate of drug-likeness (QED) is 0.833. The number of nitrogens with one attached hydrogen (secondary N) is 2. The number of carbonyl (C=O) groups is 2. The van der Waals surface area contributed by atoms with E-state index in [4.69, 9.17) is 4.74 Å². The van der Waals surface area contributed by atoms with Gasteiger partial charge < -0.3 is 4.74 Å². The Bertz CT molecular complexity index is 681. The Labute approximate surface area is 135 Å². The van der Waals surface area contributed by atoms with Gasteiger partial charge in [-0.2, -0.15) is 0 Å². The van der Waals surface area contributed by atoms with Crippen LogP contribution in [0.4, 0.5) is 0 Å². The fraction of sp³-hybridized carbons (Fsp3) is 0.222. The number of ether oxygens (including phenoxy) is 1. The minimum atomic E-state index is -0.319. The van der Waals surface area contributed by atoms with E-state index in [1.807, 2.05) is 43.3 Å². The van der Waals surface area contributed by atoms with E-state index in [0.29, 0.717) is 18.4 Å². The molecule has 0 aliphatic rings. The van der Waals surface area contributed by atoms with Crippen LogP contribution in [0.5, 0.6) is 5.75 Å². The molecular weight excluding hydrogens is 292 g/mol. The van der Waals surface area contributed by atoms with Gasteiger partial charge in [0.05, 0.1) is 7.11 Å². The molecule has 0 unspecified atom stereocenters. The van der Waals surface area contributed by atoms with Gasteiger partial charge >= 0.3 is 0 Å². The van der Waals surface area contributed by atoms with E-state index < -0.39 is 0 Å². The zero-order valence-electron chi connectivity index (χ0n) is 13.3. The summed E-state index contributed by atoms with van der Waals surface area (Å²) in [7, 11) is 1.61. The first-order chi connectivity index (χ1) is 11.1. The highest BCUT2D eigenvalue weighted by Gasteiger charge is 2.09. The maximum atomic E-state index is 12.0. The first-order valence-corrected chi connectivity index (χ1v) is 7.38. The van der Waals surface area contributed by atoms with E-state index in [2.05, 4.69) is 10.9 Å². The van der Waals surface area contributed by atoms with Crippen molar-refractivity contribution in [2.24, 2.45) is 0 Å². The zero-order valence-corrected chi connectivity index (χ0v) is 13.3. The molecule has 0 radical (unpaired) electrons. The second kappa shape index (κ2) is 7.98. The molecule has 2 aromatic carbocycles. The van der Waals surface area contributed by atoms with Crippen molar-refractivity contribution < 1.29 is 14.3 Å². The van der Waals surface area contributed by atoms with Crippen LogP contribution < -0.4 is 15.6 Å². The standard InChI is InChI=1S/C18H20N2O3/c1-13-5-3-4-6-16(13)18(22)20-19-17(21)12-9-14-7-10-15(23-2)11-8-14/h3-8,10-11H,9,12H2,1-2H3,(H,19,21)(H,20,22). The molecule has 2 N–H and O–H groups in total. The lowest BCUT2D eigenvalue weighted by atomic mass is 10.1. The smallest absolute Gasteiger partial charge is 0.269 e. The molecule has 2 amide bonds. The van der Waals surface area contributed by atoms with Crippen LogP contribution in [0.1, 0.15) is 27.9 Å². The van der Waals surface area contributed by atoms with Crippen LogP contribution in [0.3, 0.4) is 0 Å². The van der Waals surface area contributed by atoms with Crippen molar-refractivity contribution in [1.82, 2.24) is 10.9 Å². The maximum absolute atomic E-state index is 12.0. The molecule has 0 spiro atoms. The van der Waals surface area contributed by atoms with Crippen LogP contribution in [-0.4, -0.2) is 18.9 Å². The molecule has 0 atom stereocenters. The van der Waals surface area contributed by atoms with Gasteiger partial charge in [0.1, 0.15) is 5.75 Å². The van der Waals surface area contributed by atoms with Crippen LogP contribution in [0.25, 0.3) is 0 Å². The van der Waals surface area contributed by atoms with Crippen molar-refractivity contribution in [3.8, 4) is 5.75 Å². The fourth-order valence-corrected chi connectivity index (χ4v) is 2.13. The number of hydrazine groups is 1. The fourth-order valence-electron chi connectivity index (χ4n) is 2.13. The van der Waals surface area contributed by atoms with Gasteiger partial charge in [-0.05, 0) is 42.7 Å². The highest BCUT2D eigenvalue weighted by Crippen LogP contribution is 2.12. The summed E-state index contributed by atoms with van der Waals surface area (Å²) in [5, 5.41) is 0. The molecule has 0 fully saturated rings. The second-order valence-corrected chi connectivity index (χ2v) is 5.17.